The van der Waals surface area contributed by atoms with E-state index in [9.17, 15) is 18.5 Å². The number of nitrogens with zero attached hydrogens (tertiary/aromatic N) is 1. The summed E-state index contributed by atoms with van der Waals surface area (Å²) in [6.07, 6.45) is -0.306. The van der Waals surface area contributed by atoms with Gasteiger partial charge in [-0.1, -0.05) is 11.6 Å². The number of halogens is 1. The number of ether oxygens (including phenoxy) is 1. The minimum atomic E-state index is -4.01. The Bertz CT molecular complexity index is 631. The number of hydrogen-bond acceptors (Lipinski definition) is 6. The average Bonchev–Trinajstić information content (AvgIpc) is 2.46. The molecule has 0 bridgehead atoms. The molecule has 1 unspecified atom stereocenters. The van der Waals surface area contributed by atoms with Gasteiger partial charge in [-0.2, -0.15) is 0 Å². The molecule has 2 rings (SSSR count). The van der Waals surface area contributed by atoms with Gasteiger partial charge in [0.15, 0.2) is 4.90 Å². The summed E-state index contributed by atoms with van der Waals surface area (Å²) in [5, 5.41) is 14.1. The lowest BCUT2D eigenvalue weighted by Gasteiger charge is -2.23. The molecule has 0 aliphatic carbocycles. The van der Waals surface area contributed by atoms with Crippen molar-refractivity contribution in [2.24, 2.45) is 0 Å². The Labute approximate surface area is 126 Å². The summed E-state index contributed by atoms with van der Waals surface area (Å²) in [4.78, 5) is 9.75. The topological polar surface area (TPSA) is 111 Å². The standard InChI is InChI=1S/C11H14ClN3O5S/c12-8-1-2-11(10(5-8)15(16)17)21(18,19)14-7-9-6-13-3-4-20-9/h1-2,5,9,13-14H,3-4,6-7H2. The van der Waals surface area contributed by atoms with E-state index in [-0.39, 0.29) is 17.7 Å². The van der Waals surface area contributed by atoms with Gasteiger partial charge in [-0.05, 0) is 12.1 Å². The summed E-state index contributed by atoms with van der Waals surface area (Å²) >= 11 is 5.66. The zero-order valence-corrected chi connectivity index (χ0v) is 12.5. The van der Waals surface area contributed by atoms with Crippen LogP contribution in [0.2, 0.25) is 5.02 Å². The molecule has 0 amide bonds. The van der Waals surface area contributed by atoms with Crippen molar-refractivity contribution in [2.45, 2.75) is 11.0 Å². The molecular formula is C11H14ClN3O5S. The van der Waals surface area contributed by atoms with E-state index in [1.807, 2.05) is 0 Å². The van der Waals surface area contributed by atoms with Gasteiger partial charge >= 0.3 is 0 Å². The first-order valence-electron chi connectivity index (χ1n) is 6.16. The molecule has 0 radical (unpaired) electrons. The second-order valence-corrected chi connectivity index (χ2v) is 6.59. The molecule has 1 atom stereocenters. The van der Waals surface area contributed by atoms with Crippen molar-refractivity contribution in [3.8, 4) is 0 Å². The molecule has 1 aromatic rings. The second-order valence-electron chi connectivity index (χ2n) is 4.42. The van der Waals surface area contributed by atoms with E-state index in [0.29, 0.717) is 19.7 Å². The van der Waals surface area contributed by atoms with Crippen molar-refractivity contribution in [1.29, 1.82) is 0 Å². The highest BCUT2D eigenvalue weighted by Gasteiger charge is 2.27. The molecule has 1 saturated heterocycles. The third-order valence-electron chi connectivity index (χ3n) is 2.91. The van der Waals surface area contributed by atoms with Gasteiger partial charge in [0.2, 0.25) is 10.0 Å². The Balaban J connectivity index is 2.17. The van der Waals surface area contributed by atoms with Gasteiger partial charge in [0.1, 0.15) is 0 Å². The van der Waals surface area contributed by atoms with E-state index in [0.717, 1.165) is 12.1 Å². The highest BCUT2D eigenvalue weighted by Crippen LogP contribution is 2.26. The molecule has 2 N–H and O–H groups in total. The van der Waals surface area contributed by atoms with Crippen molar-refractivity contribution in [1.82, 2.24) is 10.0 Å². The van der Waals surface area contributed by atoms with Crippen LogP contribution >= 0.6 is 11.6 Å². The zero-order chi connectivity index (χ0) is 15.5. The number of nitrogens with one attached hydrogen (secondary N) is 2. The summed E-state index contributed by atoms with van der Waals surface area (Å²) in [6.45, 7) is 1.76. The first-order valence-corrected chi connectivity index (χ1v) is 8.02. The van der Waals surface area contributed by atoms with Crippen molar-refractivity contribution in [3.05, 3.63) is 33.3 Å². The third kappa shape index (κ3) is 4.11. The van der Waals surface area contributed by atoms with Crippen LogP contribution in [0.5, 0.6) is 0 Å². The van der Waals surface area contributed by atoms with Crippen LogP contribution in [-0.2, 0) is 14.8 Å². The molecular weight excluding hydrogens is 322 g/mol. The predicted octanol–water partition coefficient (Wildman–Crippen LogP) is 0.515. The second kappa shape index (κ2) is 6.67. The first-order chi connectivity index (χ1) is 9.90. The summed E-state index contributed by atoms with van der Waals surface area (Å²) in [5.74, 6) is 0. The van der Waals surface area contributed by atoms with Gasteiger partial charge in [0, 0.05) is 30.7 Å². The van der Waals surface area contributed by atoms with Crippen molar-refractivity contribution in [2.75, 3.05) is 26.2 Å². The molecule has 21 heavy (non-hydrogen) atoms. The number of nitro benzene ring substituents is 1. The van der Waals surface area contributed by atoms with E-state index in [1.54, 1.807) is 0 Å². The fourth-order valence-corrected chi connectivity index (χ4v) is 3.27. The molecule has 0 aromatic heterocycles. The largest absolute Gasteiger partial charge is 0.374 e. The van der Waals surface area contributed by atoms with Crippen molar-refractivity contribution < 1.29 is 18.1 Å². The average molecular weight is 336 g/mol. The molecule has 1 aliphatic rings. The monoisotopic (exact) mass is 335 g/mol. The van der Waals surface area contributed by atoms with Crippen LogP contribution in [0.15, 0.2) is 23.1 Å². The minimum absolute atomic E-state index is 0.0368. The number of rotatable bonds is 5. The lowest BCUT2D eigenvalue weighted by Crippen LogP contribution is -2.45. The maximum atomic E-state index is 12.2. The highest BCUT2D eigenvalue weighted by molar-refractivity contribution is 7.89. The number of nitro groups is 1. The predicted molar refractivity (Wildman–Crippen MR) is 75.9 cm³/mol. The Morgan fingerprint density at radius 1 is 1.52 bits per heavy atom. The molecule has 0 spiro atoms. The minimum Gasteiger partial charge on any atom is -0.374 e. The Morgan fingerprint density at radius 3 is 2.90 bits per heavy atom. The van der Waals surface area contributed by atoms with Gasteiger partial charge in [0.05, 0.1) is 17.6 Å². The molecule has 1 heterocycles. The summed E-state index contributed by atoms with van der Waals surface area (Å²) in [6, 6.07) is 3.42. The molecule has 10 heteroatoms. The lowest BCUT2D eigenvalue weighted by molar-refractivity contribution is -0.387. The van der Waals surface area contributed by atoms with E-state index >= 15 is 0 Å². The first kappa shape index (κ1) is 16.1. The van der Waals surface area contributed by atoms with Gasteiger partial charge in [-0.25, -0.2) is 13.1 Å². The Kier molecular flexibility index (Phi) is 5.12. The fourth-order valence-electron chi connectivity index (χ4n) is 1.89. The molecule has 8 nitrogen and oxygen atoms in total. The molecule has 1 aromatic carbocycles. The molecule has 1 fully saturated rings. The fraction of sp³-hybridized carbons (Fsp3) is 0.455. The summed E-state index contributed by atoms with van der Waals surface area (Å²) in [5.41, 5.74) is -0.558. The van der Waals surface area contributed by atoms with Crippen LogP contribution < -0.4 is 10.0 Å². The number of hydrogen-bond donors (Lipinski definition) is 2. The van der Waals surface area contributed by atoms with E-state index in [1.165, 1.54) is 6.07 Å². The van der Waals surface area contributed by atoms with Crippen molar-refractivity contribution >= 4 is 27.3 Å². The smallest absolute Gasteiger partial charge is 0.290 e. The van der Waals surface area contributed by atoms with Gasteiger partial charge in [-0.3, -0.25) is 10.1 Å². The lowest BCUT2D eigenvalue weighted by atomic mass is 10.3. The highest BCUT2D eigenvalue weighted by atomic mass is 35.5. The van der Waals surface area contributed by atoms with Crippen LogP contribution in [-0.4, -0.2) is 45.7 Å². The van der Waals surface area contributed by atoms with Crippen LogP contribution in [0, 0.1) is 10.1 Å². The Hall–Kier alpha value is -1.26. The normalized spacial score (nSPS) is 19.4. The van der Waals surface area contributed by atoms with Gasteiger partial charge in [-0.15, -0.1) is 0 Å². The van der Waals surface area contributed by atoms with E-state index in [4.69, 9.17) is 16.3 Å². The molecule has 1 aliphatic heterocycles. The van der Waals surface area contributed by atoms with Crippen LogP contribution in [0.1, 0.15) is 0 Å². The van der Waals surface area contributed by atoms with Crippen LogP contribution in [0.25, 0.3) is 0 Å². The van der Waals surface area contributed by atoms with Gasteiger partial charge in [0.25, 0.3) is 5.69 Å². The van der Waals surface area contributed by atoms with E-state index in [2.05, 4.69) is 10.0 Å². The number of sulfonamides is 1. The molecule has 0 saturated carbocycles. The number of morpholine rings is 1. The summed E-state index contributed by atoms with van der Waals surface area (Å²) in [7, 11) is -4.01. The SMILES string of the molecule is O=[N+]([O-])c1cc(Cl)ccc1S(=O)(=O)NCC1CNCCO1. The summed E-state index contributed by atoms with van der Waals surface area (Å²) < 4.78 is 32.0. The zero-order valence-electron chi connectivity index (χ0n) is 10.9. The number of benzene rings is 1. The van der Waals surface area contributed by atoms with Crippen molar-refractivity contribution in [3.63, 3.8) is 0 Å². The molecule has 116 valence electrons. The Morgan fingerprint density at radius 2 is 2.29 bits per heavy atom. The van der Waals surface area contributed by atoms with Crippen LogP contribution in [0.4, 0.5) is 5.69 Å². The maximum Gasteiger partial charge on any atom is 0.290 e. The van der Waals surface area contributed by atoms with Gasteiger partial charge < -0.3 is 10.1 Å². The third-order valence-corrected chi connectivity index (χ3v) is 4.62. The quantitative estimate of drug-likeness (QED) is 0.599. The maximum absolute atomic E-state index is 12.2. The van der Waals surface area contributed by atoms with E-state index < -0.39 is 25.5 Å². The van der Waals surface area contributed by atoms with Crippen LogP contribution in [0.3, 0.4) is 0 Å².